The number of nitrogens with zero attached hydrogens (tertiary/aromatic N) is 1. The van der Waals surface area contributed by atoms with Gasteiger partial charge < -0.3 is 28.5 Å². The molecule has 0 radical (unpaired) electrons. The lowest BCUT2D eigenvalue weighted by Crippen LogP contribution is -2.47. The second-order valence-electron chi connectivity index (χ2n) is 24.7. The molecule has 0 aliphatic rings. The zero-order valence-corrected chi connectivity index (χ0v) is 55.1. The maximum Gasteiger partial charge on any atom is 0.306 e. The maximum atomic E-state index is 13.6. The van der Waals surface area contributed by atoms with Crippen LogP contribution in [0.2, 0.25) is 0 Å². The average molecular weight is 1160 g/mol. The van der Waals surface area contributed by atoms with E-state index < -0.39 is 20.0 Å². The van der Waals surface area contributed by atoms with Gasteiger partial charge in [-0.25, -0.2) is 0 Å². The minimum absolute atomic E-state index is 0.0229. The van der Waals surface area contributed by atoms with Crippen LogP contribution in [0.4, 0.5) is 0 Å². The van der Waals surface area contributed by atoms with E-state index >= 15 is 0 Å². The monoisotopic (exact) mass is 1160 g/mol. The van der Waals surface area contributed by atoms with E-state index in [4.69, 9.17) is 13.8 Å². The van der Waals surface area contributed by atoms with Crippen molar-refractivity contribution in [3.63, 3.8) is 0 Å². The molecule has 0 fully saturated rings. The third-order valence-electron chi connectivity index (χ3n) is 15.4. The van der Waals surface area contributed by atoms with Gasteiger partial charge in [0.25, 0.3) is 7.82 Å². The van der Waals surface area contributed by atoms with Gasteiger partial charge in [-0.05, 0) is 96.0 Å². The number of unbranched alkanes of at least 4 members (excludes halogenated alkanes) is 39. The number of nitrogens with one attached hydrogen (secondary N) is 1. The Morgan fingerprint density at radius 1 is 0.432 bits per heavy atom. The molecule has 0 saturated carbocycles. The molecule has 0 aromatic carbocycles. The van der Waals surface area contributed by atoms with Crippen LogP contribution in [0.25, 0.3) is 0 Å². The molecule has 1 amide bonds. The van der Waals surface area contributed by atoms with Gasteiger partial charge in [0.1, 0.15) is 19.3 Å². The molecule has 0 rings (SSSR count). The largest absolute Gasteiger partial charge is 0.756 e. The van der Waals surface area contributed by atoms with Gasteiger partial charge in [-0.3, -0.25) is 14.2 Å². The zero-order chi connectivity index (χ0) is 59.3. The van der Waals surface area contributed by atoms with Crippen LogP contribution in [0, 0.1) is 0 Å². The maximum absolute atomic E-state index is 13.6. The Kier molecular flexibility index (Phi) is 59.1. The van der Waals surface area contributed by atoms with Crippen molar-refractivity contribution < 1.29 is 37.3 Å². The molecule has 0 aromatic heterocycles. The van der Waals surface area contributed by atoms with Crippen molar-refractivity contribution in [3.8, 4) is 0 Å². The van der Waals surface area contributed by atoms with Crippen LogP contribution in [0.1, 0.15) is 329 Å². The molecule has 81 heavy (non-hydrogen) atoms. The molecule has 0 heterocycles. The molecular weight excluding hydrogens is 1020 g/mol. The lowest BCUT2D eigenvalue weighted by Gasteiger charge is -2.30. The number of ether oxygens (including phenoxy) is 1. The summed E-state index contributed by atoms with van der Waals surface area (Å²) in [6.45, 7) is 6.84. The molecule has 0 aliphatic heterocycles. The molecule has 474 valence electrons. The third-order valence-corrected chi connectivity index (χ3v) is 16.4. The summed E-state index contributed by atoms with van der Waals surface area (Å²) < 4.78 is 30.4. The first-order chi connectivity index (χ1) is 39.4. The van der Waals surface area contributed by atoms with E-state index in [-0.39, 0.29) is 31.5 Å². The molecule has 0 aliphatic carbocycles. The van der Waals surface area contributed by atoms with E-state index in [9.17, 15) is 19.0 Å². The Labute approximate surface area is 502 Å². The van der Waals surface area contributed by atoms with Crippen molar-refractivity contribution in [1.29, 1.82) is 0 Å². The summed E-state index contributed by atoms with van der Waals surface area (Å²) in [6, 6.07) is -0.890. The van der Waals surface area contributed by atoms with Crippen molar-refractivity contribution in [1.82, 2.24) is 5.32 Å². The Balaban J connectivity index is 5.00. The van der Waals surface area contributed by atoms with E-state index in [2.05, 4.69) is 74.7 Å². The van der Waals surface area contributed by atoms with Gasteiger partial charge in [0.15, 0.2) is 0 Å². The fourth-order valence-corrected chi connectivity index (χ4v) is 10.8. The SMILES string of the molecule is CCCCC/C=C\C/C=C\C/C=C\CCCCCCCCCCCCCCCCC(=O)NC(COP(=O)([O-])OCC[N+](C)(C)C)C(/C=C\CCCCCCCCCCC)OC(=O)CCCCCCCCC/C=C/CCCCCCCC. The summed E-state index contributed by atoms with van der Waals surface area (Å²) in [6.07, 6.45) is 77.7. The normalized spacial score (nSPS) is 13.9. The summed E-state index contributed by atoms with van der Waals surface area (Å²) in [5, 5.41) is 3.04. The summed E-state index contributed by atoms with van der Waals surface area (Å²) >= 11 is 0. The molecule has 0 bridgehead atoms. The summed E-state index contributed by atoms with van der Waals surface area (Å²) in [4.78, 5) is 40.1. The molecule has 9 nitrogen and oxygen atoms in total. The van der Waals surface area contributed by atoms with Gasteiger partial charge in [0, 0.05) is 12.8 Å². The summed E-state index contributed by atoms with van der Waals surface area (Å²) in [7, 11) is 1.19. The smallest absolute Gasteiger partial charge is 0.306 e. The van der Waals surface area contributed by atoms with E-state index in [1.54, 1.807) is 0 Å². The quantitative estimate of drug-likeness (QED) is 0.0212. The van der Waals surface area contributed by atoms with Gasteiger partial charge in [0.2, 0.25) is 5.91 Å². The Morgan fingerprint density at radius 3 is 1.16 bits per heavy atom. The van der Waals surface area contributed by atoms with Gasteiger partial charge >= 0.3 is 5.97 Å². The highest BCUT2D eigenvalue weighted by molar-refractivity contribution is 7.45. The average Bonchev–Trinajstić information content (AvgIpc) is 3.43. The highest BCUT2D eigenvalue weighted by Crippen LogP contribution is 2.38. The second kappa shape index (κ2) is 60.8. The number of quaternary nitrogens is 1. The molecule has 0 spiro atoms. The number of phosphoric acid groups is 1. The first-order valence-corrected chi connectivity index (χ1v) is 36.1. The molecule has 0 aromatic rings. The lowest BCUT2D eigenvalue weighted by atomic mass is 10.0. The molecular formula is C71H133N2O7P. The van der Waals surface area contributed by atoms with Crippen molar-refractivity contribution in [2.75, 3.05) is 40.9 Å². The third kappa shape index (κ3) is 62.1. The molecule has 3 atom stereocenters. The Morgan fingerprint density at radius 2 is 0.753 bits per heavy atom. The fraction of sp³-hybridized carbons (Fsp3) is 0.831. The molecule has 1 N–H and O–H groups in total. The molecule has 0 saturated heterocycles. The van der Waals surface area contributed by atoms with Crippen LogP contribution < -0.4 is 10.2 Å². The first kappa shape index (κ1) is 78.7. The predicted octanol–water partition coefficient (Wildman–Crippen LogP) is 21.2. The fourth-order valence-electron chi connectivity index (χ4n) is 10.1. The highest BCUT2D eigenvalue weighted by Gasteiger charge is 2.27. The minimum Gasteiger partial charge on any atom is -0.756 e. The number of likely N-dealkylation sites (N-methyl/N-ethyl adjacent to an activating group) is 1. The van der Waals surface area contributed by atoms with Crippen molar-refractivity contribution in [2.45, 2.75) is 341 Å². The van der Waals surface area contributed by atoms with Crippen LogP contribution in [-0.2, 0) is 27.9 Å². The topological polar surface area (TPSA) is 114 Å². The van der Waals surface area contributed by atoms with E-state index in [0.29, 0.717) is 17.4 Å². The molecule has 10 heteroatoms. The van der Waals surface area contributed by atoms with Crippen molar-refractivity contribution >= 4 is 19.7 Å². The second-order valence-corrected chi connectivity index (χ2v) is 26.1. The highest BCUT2D eigenvalue weighted by atomic mass is 31.2. The van der Waals surface area contributed by atoms with Gasteiger partial charge in [-0.2, -0.15) is 0 Å². The van der Waals surface area contributed by atoms with Crippen LogP contribution in [-0.4, -0.2) is 69.4 Å². The van der Waals surface area contributed by atoms with Crippen molar-refractivity contribution in [3.05, 3.63) is 60.8 Å². The van der Waals surface area contributed by atoms with Crippen LogP contribution in [0.15, 0.2) is 60.8 Å². The Bertz CT molecular complexity index is 1570. The zero-order valence-electron chi connectivity index (χ0n) is 54.2. The number of carbonyl (C=O) groups is 2. The van der Waals surface area contributed by atoms with Crippen LogP contribution in [0.5, 0.6) is 0 Å². The number of phosphoric ester groups is 1. The van der Waals surface area contributed by atoms with Gasteiger partial charge in [-0.1, -0.05) is 281 Å². The summed E-state index contributed by atoms with van der Waals surface area (Å²) in [5.74, 6) is -0.537. The number of esters is 1. The van der Waals surface area contributed by atoms with E-state index in [1.165, 1.54) is 212 Å². The standard InChI is InChI=1S/C71H133N2O7P/c1-7-10-13-16-19-22-25-27-29-31-32-33-34-35-36-37-38-39-40-42-43-45-48-51-54-57-60-63-70(74)72-68(67-79-81(76,77)78-66-65-73(4,5)6)69(62-59-56-53-50-47-24-21-18-15-12-9-3)80-71(75)64-61-58-55-52-49-46-44-41-30-28-26-23-20-17-14-11-8-2/h19,22,27-30,32-33,59,62,68-69H,7-18,20-21,23-26,31,34-58,60-61,63-67H2,1-6H3,(H-,72,74,76,77)/b22-19-,29-27-,30-28+,33-32-,62-59-. The summed E-state index contributed by atoms with van der Waals surface area (Å²) in [5.41, 5.74) is 0. The number of hydrogen-bond acceptors (Lipinski definition) is 7. The first-order valence-electron chi connectivity index (χ1n) is 34.6. The molecule has 3 unspecified atom stereocenters. The predicted molar refractivity (Wildman–Crippen MR) is 349 cm³/mol. The number of carbonyl (C=O) groups excluding carboxylic acids is 2. The van der Waals surface area contributed by atoms with Gasteiger partial charge in [0.05, 0.1) is 33.8 Å². The number of amides is 1. The lowest BCUT2D eigenvalue weighted by molar-refractivity contribution is -0.870. The minimum atomic E-state index is -4.70. The van der Waals surface area contributed by atoms with E-state index in [0.717, 1.165) is 83.5 Å². The van der Waals surface area contributed by atoms with Crippen LogP contribution >= 0.6 is 7.82 Å². The number of allylic oxidation sites excluding steroid dienone is 9. The van der Waals surface area contributed by atoms with Crippen molar-refractivity contribution in [2.24, 2.45) is 0 Å². The number of hydrogen-bond donors (Lipinski definition) is 1. The number of rotatable bonds is 63. The van der Waals surface area contributed by atoms with E-state index in [1.807, 2.05) is 33.3 Å². The van der Waals surface area contributed by atoms with Gasteiger partial charge in [-0.15, -0.1) is 0 Å². The van der Waals surface area contributed by atoms with Crippen LogP contribution in [0.3, 0.4) is 0 Å². The Hall–Kier alpha value is -2.29.